The molecule has 0 heterocycles. The van der Waals surface area contributed by atoms with E-state index in [0.717, 1.165) is 5.56 Å². The first-order valence-corrected chi connectivity index (χ1v) is 5.88. The van der Waals surface area contributed by atoms with E-state index in [2.05, 4.69) is 0 Å². The number of rotatable bonds is 6. The molecule has 0 bridgehead atoms. The lowest BCUT2D eigenvalue weighted by Gasteiger charge is -2.23. The molecular weight excluding hydrogens is 259 g/mol. The quantitative estimate of drug-likeness (QED) is 0.866. The number of carboxylic acids is 1. The second kappa shape index (κ2) is 6.45. The summed E-state index contributed by atoms with van der Waals surface area (Å²) < 4.78 is 36.3. The van der Waals surface area contributed by atoms with E-state index in [9.17, 15) is 18.0 Å². The predicted molar refractivity (Wildman–Crippen MR) is 66.3 cm³/mol. The predicted octanol–water partition coefficient (Wildman–Crippen LogP) is 3.23. The van der Waals surface area contributed by atoms with Gasteiger partial charge in [-0.1, -0.05) is 17.7 Å². The third-order valence-electron chi connectivity index (χ3n) is 2.61. The van der Waals surface area contributed by atoms with Gasteiger partial charge in [0.1, 0.15) is 6.54 Å². The molecule has 0 radical (unpaired) electrons. The number of hydrogen-bond donors (Lipinski definition) is 1. The highest BCUT2D eigenvalue weighted by Gasteiger charge is 2.26. The topological polar surface area (TPSA) is 40.5 Å². The second-order valence-corrected chi connectivity index (χ2v) is 4.37. The van der Waals surface area contributed by atoms with Crippen molar-refractivity contribution in [3.63, 3.8) is 0 Å². The molecule has 0 amide bonds. The fourth-order valence-electron chi connectivity index (χ4n) is 1.69. The number of anilines is 1. The Morgan fingerprint density at radius 3 is 2.32 bits per heavy atom. The van der Waals surface area contributed by atoms with Crippen LogP contribution in [0.3, 0.4) is 0 Å². The molecule has 106 valence electrons. The smallest absolute Gasteiger partial charge is 0.389 e. The highest BCUT2D eigenvalue weighted by molar-refractivity contribution is 5.73. The van der Waals surface area contributed by atoms with Gasteiger partial charge in [-0.3, -0.25) is 4.79 Å². The summed E-state index contributed by atoms with van der Waals surface area (Å²) in [5, 5.41) is 8.80. The van der Waals surface area contributed by atoms with Crippen LogP contribution in [0, 0.1) is 6.92 Å². The molecule has 0 fully saturated rings. The number of carboxylic acid groups (broad SMARTS) is 1. The highest BCUT2D eigenvalue weighted by Crippen LogP contribution is 2.22. The number of benzene rings is 1. The van der Waals surface area contributed by atoms with E-state index < -0.39 is 18.6 Å². The molecule has 0 spiro atoms. The van der Waals surface area contributed by atoms with Crippen molar-refractivity contribution < 1.29 is 23.1 Å². The molecule has 0 aromatic heterocycles. The molecule has 0 aliphatic carbocycles. The molecule has 0 unspecified atom stereocenters. The van der Waals surface area contributed by atoms with Crippen molar-refractivity contribution >= 4 is 11.7 Å². The van der Waals surface area contributed by atoms with Crippen LogP contribution in [0.5, 0.6) is 0 Å². The Bertz CT molecular complexity index is 415. The van der Waals surface area contributed by atoms with Crippen LogP contribution in [-0.4, -0.2) is 30.3 Å². The number of halogens is 3. The molecule has 1 aromatic rings. The molecule has 0 saturated carbocycles. The Morgan fingerprint density at radius 2 is 1.84 bits per heavy atom. The molecule has 0 atom stereocenters. The van der Waals surface area contributed by atoms with Crippen LogP contribution < -0.4 is 4.90 Å². The molecule has 19 heavy (non-hydrogen) atoms. The molecule has 3 nitrogen and oxygen atoms in total. The van der Waals surface area contributed by atoms with E-state index in [1.807, 2.05) is 6.92 Å². The number of hydrogen-bond acceptors (Lipinski definition) is 2. The Kier molecular flexibility index (Phi) is 5.20. The normalized spacial score (nSPS) is 11.4. The SMILES string of the molecule is Cc1ccc(N(CCCC(F)(F)F)CC(=O)O)cc1. The lowest BCUT2D eigenvalue weighted by Crippen LogP contribution is -2.31. The average Bonchev–Trinajstić information content (AvgIpc) is 2.26. The van der Waals surface area contributed by atoms with Gasteiger partial charge in [0.2, 0.25) is 0 Å². The summed E-state index contributed by atoms with van der Waals surface area (Å²) in [5.41, 5.74) is 1.63. The van der Waals surface area contributed by atoms with E-state index in [1.165, 1.54) is 4.90 Å². The standard InChI is InChI=1S/C13H16F3NO2/c1-10-3-5-11(6-4-10)17(9-12(18)19)8-2-7-13(14,15)16/h3-6H,2,7-9H2,1H3,(H,18,19). The Balaban J connectivity index is 2.66. The lowest BCUT2D eigenvalue weighted by atomic mass is 10.2. The van der Waals surface area contributed by atoms with Crippen LogP contribution in [0.25, 0.3) is 0 Å². The van der Waals surface area contributed by atoms with Gasteiger partial charge in [0, 0.05) is 18.7 Å². The van der Waals surface area contributed by atoms with Crippen molar-refractivity contribution in [2.45, 2.75) is 25.9 Å². The van der Waals surface area contributed by atoms with Gasteiger partial charge in [-0.05, 0) is 25.5 Å². The maximum absolute atomic E-state index is 12.1. The summed E-state index contributed by atoms with van der Waals surface area (Å²) >= 11 is 0. The Hall–Kier alpha value is -1.72. The maximum atomic E-state index is 12.1. The number of alkyl halides is 3. The minimum atomic E-state index is -4.21. The van der Waals surface area contributed by atoms with Crippen LogP contribution >= 0.6 is 0 Å². The number of nitrogens with zero attached hydrogens (tertiary/aromatic N) is 1. The van der Waals surface area contributed by atoms with Crippen molar-refractivity contribution in [1.82, 2.24) is 0 Å². The Morgan fingerprint density at radius 1 is 1.26 bits per heavy atom. The average molecular weight is 275 g/mol. The lowest BCUT2D eigenvalue weighted by molar-refractivity contribution is -0.135. The van der Waals surface area contributed by atoms with Gasteiger partial charge in [-0.2, -0.15) is 13.2 Å². The molecular formula is C13H16F3NO2. The third kappa shape index (κ3) is 6.13. The third-order valence-corrected chi connectivity index (χ3v) is 2.61. The summed E-state index contributed by atoms with van der Waals surface area (Å²) in [4.78, 5) is 12.2. The first-order valence-electron chi connectivity index (χ1n) is 5.88. The largest absolute Gasteiger partial charge is 0.480 e. The summed E-state index contributed by atoms with van der Waals surface area (Å²) in [7, 11) is 0. The molecule has 0 aliphatic heterocycles. The minimum absolute atomic E-state index is 0.0644. The molecule has 1 rings (SSSR count). The summed E-state index contributed by atoms with van der Waals surface area (Å²) in [6.07, 6.45) is -5.23. The summed E-state index contributed by atoms with van der Waals surface area (Å²) in [5.74, 6) is -1.06. The van der Waals surface area contributed by atoms with Gasteiger partial charge < -0.3 is 10.0 Å². The summed E-state index contributed by atoms with van der Waals surface area (Å²) in [6, 6.07) is 7.03. The van der Waals surface area contributed by atoms with Gasteiger partial charge in [0.05, 0.1) is 0 Å². The number of aliphatic carboxylic acids is 1. The van der Waals surface area contributed by atoms with Gasteiger partial charge in [-0.15, -0.1) is 0 Å². The Labute approximate surface area is 109 Å². The van der Waals surface area contributed by atoms with Crippen molar-refractivity contribution in [3.05, 3.63) is 29.8 Å². The van der Waals surface area contributed by atoms with Crippen LogP contribution in [0.2, 0.25) is 0 Å². The van der Waals surface area contributed by atoms with E-state index in [-0.39, 0.29) is 19.5 Å². The van der Waals surface area contributed by atoms with Gasteiger partial charge in [0.15, 0.2) is 0 Å². The van der Waals surface area contributed by atoms with Crippen molar-refractivity contribution in [2.75, 3.05) is 18.0 Å². The molecule has 1 aromatic carbocycles. The van der Waals surface area contributed by atoms with Crippen molar-refractivity contribution in [1.29, 1.82) is 0 Å². The summed E-state index contributed by atoms with van der Waals surface area (Å²) in [6.45, 7) is 1.64. The van der Waals surface area contributed by atoms with E-state index in [4.69, 9.17) is 5.11 Å². The zero-order valence-corrected chi connectivity index (χ0v) is 10.6. The maximum Gasteiger partial charge on any atom is 0.389 e. The van der Waals surface area contributed by atoms with Gasteiger partial charge in [-0.25, -0.2) is 0 Å². The monoisotopic (exact) mass is 275 g/mol. The number of aryl methyl sites for hydroxylation is 1. The van der Waals surface area contributed by atoms with E-state index in [1.54, 1.807) is 24.3 Å². The van der Waals surface area contributed by atoms with Gasteiger partial charge in [0.25, 0.3) is 0 Å². The van der Waals surface area contributed by atoms with Gasteiger partial charge >= 0.3 is 12.1 Å². The van der Waals surface area contributed by atoms with Crippen molar-refractivity contribution in [3.8, 4) is 0 Å². The van der Waals surface area contributed by atoms with Crippen LogP contribution in [0.4, 0.5) is 18.9 Å². The minimum Gasteiger partial charge on any atom is -0.480 e. The zero-order chi connectivity index (χ0) is 14.5. The highest BCUT2D eigenvalue weighted by atomic mass is 19.4. The zero-order valence-electron chi connectivity index (χ0n) is 10.6. The first kappa shape index (κ1) is 15.3. The first-order chi connectivity index (χ1) is 8.78. The second-order valence-electron chi connectivity index (χ2n) is 4.37. The molecule has 1 N–H and O–H groups in total. The molecule has 6 heteroatoms. The molecule has 0 saturated heterocycles. The van der Waals surface area contributed by atoms with Crippen LogP contribution in [0.1, 0.15) is 18.4 Å². The fourth-order valence-corrected chi connectivity index (χ4v) is 1.69. The van der Waals surface area contributed by atoms with Crippen molar-refractivity contribution in [2.24, 2.45) is 0 Å². The van der Waals surface area contributed by atoms with E-state index >= 15 is 0 Å². The fraction of sp³-hybridized carbons (Fsp3) is 0.462. The van der Waals surface area contributed by atoms with E-state index in [0.29, 0.717) is 5.69 Å². The van der Waals surface area contributed by atoms with Crippen LogP contribution in [-0.2, 0) is 4.79 Å². The molecule has 0 aliphatic rings. The van der Waals surface area contributed by atoms with Crippen LogP contribution in [0.15, 0.2) is 24.3 Å². The number of carbonyl (C=O) groups is 1.